The number of fused-ring (bicyclic) bond motifs is 2. The van der Waals surface area contributed by atoms with Gasteiger partial charge in [-0.15, -0.1) is 0 Å². The van der Waals surface area contributed by atoms with Crippen LogP contribution in [0.4, 0.5) is 0 Å². The van der Waals surface area contributed by atoms with Crippen molar-refractivity contribution in [2.75, 3.05) is 26.7 Å². The lowest BCUT2D eigenvalue weighted by molar-refractivity contribution is 0.0340. The molecule has 3 rings (SSSR count). The first kappa shape index (κ1) is 15.8. The summed E-state index contributed by atoms with van der Waals surface area (Å²) >= 11 is 0. The topological polar surface area (TPSA) is 32.5 Å². The molecule has 2 heterocycles. The van der Waals surface area contributed by atoms with Crippen LogP contribution in [0.5, 0.6) is 0 Å². The van der Waals surface area contributed by atoms with Gasteiger partial charge in [0.05, 0.1) is 0 Å². The quantitative estimate of drug-likeness (QED) is 0.865. The third-order valence-corrected chi connectivity index (χ3v) is 6.93. The molecule has 3 aliphatic rings. The van der Waals surface area contributed by atoms with Crippen LogP contribution in [0.25, 0.3) is 0 Å². The Bertz CT molecular complexity index is 335. The van der Waals surface area contributed by atoms with E-state index in [9.17, 15) is 0 Å². The van der Waals surface area contributed by atoms with Crippen molar-refractivity contribution in [2.45, 2.75) is 82.3 Å². The van der Waals surface area contributed by atoms with E-state index in [2.05, 4.69) is 23.8 Å². The molecule has 0 aromatic heterocycles. The second-order valence-electron chi connectivity index (χ2n) is 7.95. The van der Waals surface area contributed by atoms with Crippen molar-refractivity contribution in [2.24, 2.45) is 11.7 Å². The Labute approximate surface area is 131 Å². The van der Waals surface area contributed by atoms with Crippen LogP contribution >= 0.6 is 0 Å². The summed E-state index contributed by atoms with van der Waals surface area (Å²) in [5, 5.41) is 0. The standard InChI is InChI=1S/C18H35N3/c1-3-4-15-7-10-18(14-19,11-8-15)21-12-9-16-5-6-17(13-21)20(16)2/h15-17H,3-14,19H2,1-2H3. The van der Waals surface area contributed by atoms with Crippen LogP contribution in [0.2, 0.25) is 0 Å². The smallest absolute Gasteiger partial charge is 0.0332 e. The third-order valence-electron chi connectivity index (χ3n) is 6.93. The number of nitrogens with zero attached hydrogens (tertiary/aromatic N) is 2. The van der Waals surface area contributed by atoms with Crippen molar-refractivity contribution in [1.29, 1.82) is 0 Å². The van der Waals surface area contributed by atoms with Crippen LogP contribution in [-0.2, 0) is 0 Å². The Morgan fingerprint density at radius 2 is 1.76 bits per heavy atom. The summed E-state index contributed by atoms with van der Waals surface area (Å²) in [6, 6.07) is 1.63. The summed E-state index contributed by atoms with van der Waals surface area (Å²) in [7, 11) is 2.35. The van der Waals surface area contributed by atoms with Crippen molar-refractivity contribution in [3.63, 3.8) is 0 Å². The van der Waals surface area contributed by atoms with Gasteiger partial charge in [0.25, 0.3) is 0 Å². The molecule has 2 unspecified atom stereocenters. The Balaban J connectivity index is 1.66. The minimum absolute atomic E-state index is 0.329. The predicted molar refractivity (Wildman–Crippen MR) is 89.4 cm³/mol. The van der Waals surface area contributed by atoms with Gasteiger partial charge < -0.3 is 5.73 Å². The summed E-state index contributed by atoms with van der Waals surface area (Å²) in [5.41, 5.74) is 6.65. The van der Waals surface area contributed by atoms with E-state index in [0.717, 1.165) is 24.5 Å². The predicted octanol–water partition coefficient (Wildman–Crippen LogP) is 2.84. The molecule has 0 aromatic carbocycles. The second-order valence-corrected chi connectivity index (χ2v) is 7.95. The van der Waals surface area contributed by atoms with Crippen molar-refractivity contribution in [3.05, 3.63) is 0 Å². The van der Waals surface area contributed by atoms with Crippen LogP contribution in [0.1, 0.15) is 64.7 Å². The highest BCUT2D eigenvalue weighted by Gasteiger charge is 2.43. The van der Waals surface area contributed by atoms with E-state index in [-0.39, 0.29) is 0 Å². The lowest BCUT2D eigenvalue weighted by atomic mass is 9.73. The van der Waals surface area contributed by atoms with E-state index >= 15 is 0 Å². The second kappa shape index (κ2) is 6.55. The molecule has 2 N–H and O–H groups in total. The first-order valence-corrected chi connectivity index (χ1v) is 9.35. The van der Waals surface area contributed by atoms with Crippen molar-refractivity contribution >= 4 is 0 Å². The molecule has 2 atom stereocenters. The molecule has 1 saturated carbocycles. The monoisotopic (exact) mass is 293 g/mol. The number of hydrogen-bond donors (Lipinski definition) is 1. The molecule has 1 aliphatic carbocycles. The fourth-order valence-electron chi connectivity index (χ4n) is 5.30. The van der Waals surface area contributed by atoms with Gasteiger partial charge in [-0.25, -0.2) is 0 Å². The highest BCUT2D eigenvalue weighted by Crippen LogP contribution is 2.40. The molecule has 0 amide bonds. The van der Waals surface area contributed by atoms with Gasteiger partial charge in [0.15, 0.2) is 0 Å². The molecule has 2 saturated heterocycles. The lowest BCUT2D eigenvalue weighted by Gasteiger charge is -2.48. The normalized spacial score (nSPS) is 42.1. The number of nitrogens with two attached hydrogens (primary N) is 1. The Morgan fingerprint density at radius 1 is 1.05 bits per heavy atom. The molecule has 21 heavy (non-hydrogen) atoms. The molecule has 3 nitrogen and oxygen atoms in total. The maximum atomic E-state index is 6.32. The number of likely N-dealkylation sites (N-methyl/N-ethyl adjacent to an activating group) is 1. The summed E-state index contributed by atoms with van der Waals surface area (Å²) in [6.45, 7) is 5.74. The first-order chi connectivity index (χ1) is 10.2. The molecule has 0 spiro atoms. The number of rotatable bonds is 4. The summed E-state index contributed by atoms with van der Waals surface area (Å²) in [5.74, 6) is 0.973. The molecule has 0 radical (unpaired) electrons. The SMILES string of the molecule is CCCC1CCC(CN)(N2CCC3CCC(C2)N3C)CC1. The van der Waals surface area contributed by atoms with E-state index < -0.39 is 0 Å². The molecule has 2 aliphatic heterocycles. The van der Waals surface area contributed by atoms with Crippen molar-refractivity contribution < 1.29 is 0 Å². The van der Waals surface area contributed by atoms with E-state index in [0.29, 0.717) is 5.54 Å². The van der Waals surface area contributed by atoms with E-state index in [1.54, 1.807) is 0 Å². The van der Waals surface area contributed by atoms with E-state index in [1.165, 1.54) is 70.9 Å². The minimum Gasteiger partial charge on any atom is -0.329 e. The van der Waals surface area contributed by atoms with Gasteiger partial charge >= 0.3 is 0 Å². The van der Waals surface area contributed by atoms with Crippen LogP contribution in [0.3, 0.4) is 0 Å². The Kier molecular flexibility index (Phi) is 4.92. The van der Waals surface area contributed by atoms with E-state index in [4.69, 9.17) is 5.73 Å². The molecule has 3 fully saturated rings. The van der Waals surface area contributed by atoms with Gasteiger partial charge in [0.1, 0.15) is 0 Å². The molecule has 0 aromatic rings. The lowest BCUT2D eigenvalue weighted by Crippen LogP contribution is -2.57. The summed E-state index contributed by atoms with van der Waals surface area (Å²) in [4.78, 5) is 5.47. The summed E-state index contributed by atoms with van der Waals surface area (Å²) in [6.07, 6.45) is 12.4. The molecule has 2 bridgehead atoms. The maximum absolute atomic E-state index is 6.32. The first-order valence-electron chi connectivity index (χ1n) is 9.35. The van der Waals surface area contributed by atoms with Crippen LogP contribution in [0, 0.1) is 5.92 Å². The Hall–Kier alpha value is -0.120. The fraction of sp³-hybridized carbons (Fsp3) is 1.00. The van der Waals surface area contributed by atoms with Gasteiger partial charge in [-0.1, -0.05) is 19.8 Å². The van der Waals surface area contributed by atoms with Crippen molar-refractivity contribution in [3.8, 4) is 0 Å². The summed E-state index contributed by atoms with van der Waals surface area (Å²) < 4.78 is 0. The largest absolute Gasteiger partial charge is 0.329 e. The van der Waals surface area contributed by atoms with Crippen LogP contribution in [0.15, 0.2) is 0 Å². The zero-order valence-electron chi connectivity index (χ0n) is 14.2. The molecule has 3 heteroatoms. The third kappa shape index (κ3) is 3.02. The average molecular weight is 293 g/mol. The zero-order chi connectivity index (χ0) is 14.9. The average Bonchev–Trinajstić information content (AvgIpc) is 2.74. The van der Waals surface area contributed by atoms with Gasteiger partial charge in [-0.3, -0.25) is 9.80 Å². The van der Waals surface area contributed by atoms with Gasteiger partial charge in [0.2, 0.25) is 0 Å². The van der Waals surface area contributed by atoms with Crippen LogP contribution in [-0.4, -0.2) is 54.1 Å². The fourth-order valence-corrected chi connectivity index (χ4v) is 5.30. The minimum atomic E-state index is 0.329. The van der Waals surface area contributed by atoms with E-state index in [1.807, 2.05) is 0 Å². The van der Waals surface area contributed by atoms with Crippen LogP contribution < -0.4 is 5.73 Å². The number of hydrogen-bond acceptors (Lipinski definition) is 3. The number of likely N-dealkylation sites (tertiary alicyclic amines) is 1. The molecular weight excluding hydrogens is 258 g/mol. The van der Waals surface area contributed by atoms with Gasteiger partial charge in [-0.2, -0.15) is 0 Å². The highest BCUT2D eigenvalue weighted by atomic mass is 15.3. The zero-order valence-corrected chi connectivity index (χ0v) is 14.2. The van der Waals surface area contributed by atoms with Crippen molar-refractivity contribution in [1.82, 2.24) is 9.80 Å². The Morgan fingerprint density at radius 3 is 2.43 bits per heavy atom. The molecular formula is C18H35N3. The highest BCUT2D eigenvalue weighted by molar-refractivity contribution is 5.01. The molecule has 122 valence electrons. The van der Waals surface area contributed by atoms with Gasteiger partial charge in [-0.05, 0) is 57.9 Å². The maximum Gasteiger partial charge on any atom is 0.0332 e. The van der Waals surface area contributed by atoms with Gasteiger partial charge in [0, 0.05) is 37.3 Å².